The summed E-state index contributed by atoms with van der Waals surface area (Å²) in [7, 11) is 0. The summed E-state index contributed by atoms with van der Waals surface area (Å²) in [6.45, 7) is 4.66. The Labute approximate surface area is 55.0 Å². The first kappa shape index (κ1) is 6.99. The van der Waals surface area contributed by atoms with Gasteiger partial charge in [0.05, 0.1) is 19.3 Å². The fourth-order valence-electron chi connectivity index (χ4n) is 0.982. The predicted molar refractivity (Wildman–Crippen MR) is 34.0 cm³/mol. The summed E-state index contributed by atoms with van der Waals surface area (Å²) >= 11 is 0. The van der Waals surface area contributed by atoms with E-state index in [0.717, 1.165) is 0 Å². The van der Waals surface area contributed by atoms with Crippen molar-refractivity contribution in [3.63, 3.8) is 0 Å². The fraction of sp³-hybridized carbons (Fsp3) is 1.00. The molecule has 0 saturated carbocycles. The van der Waals surface area contributed by atoms with Crippen LogP contribution in [0.15, 0.2) is 0 Å². The van der Waals surface area contributed by atoms with Crippen LogP contribution in [-0.2, 0) is 4.74 Å². The van der Waals surface area contributed by atoms with Crippen LogP contribution in [0.4, 0.5) is 0 Å². The van der Waals surface area contributed by atoms with E-state index in [1.165, 1.54) is 0 Å². The molecule has 3 heteroatoms. The lowest BCUT2D eigenvalue weighted by molar-refractivity contribution is 0.0230. The molecule has 1 saturated heterocycles. The Hall–Kier alpha value is -0.120. The minimum atomic E-state index is -0.243. The van der Waals surface area contributed by atoms with Crippen LogP contribution in [0, 0.1) is 0 Å². The molecule has 0 aromatic carbocycles. The number of aliphatic hydroxyl groups is 1. The van der Waals surface area contributed by atoms with E-state index in [4.69, 9.17) is 9.84 Å². The summed E-state index contributed by atoms with van der Waals surface area (Å²) in [5.74, 6) is 0. The van der Waals surface area contributed by atoms with Gasteiger partial charge in [0.1, 0.15) is 5.72 Å². The first-order valence-electron chi connectivity index (χ1n) is 3.16. The minimum Gasteiger partial charge on any atom is -0.395 e. The van der Waals surface area contributed by atoms with E-state index >= 15 is 0 Å². The average Bonchev–Trinajstić information content (AvgIpc) is 2.10. The van der Waals surface area contributed by atoms with Crippen molar-refractivity contribution in [1.82, 2.24) is 5.32 Å². The van der Waals surface area contributed by atoms with Gasteiger partial charge in [-0.2, -0.15) is 0 Å². The zero-order valence-corrected chi connectivity index (χ0v) is 5.85. The molecule has 0 amide bonds. The van der Waals surface area contributed by atoms with Crippen molar-refractivity contribution in [2.45, 2.75) is 25.6 Å². The quantitative estimate of drug-likeness (QED) is 0.513. The third-order valence-electron chi connectivity index (χ3n) is 1.42. The summed E-state index contributed by atoms with van der Waals surface area (Å²) < 4.78 is 5.27. The summed E-state index contributed by atoms with van der Waals surface area (Å²) in [6.07, 6.45) is 0. The van der Waals surface area contributed by atoms with E-state index in [0.29, 0.717) is 6.61 Å². The monoisotopic (exact) mass is 131 g/mol. The van der Waals surface area contributed by atoms with E-state index < -0.39 is 0 Å². The van der Waals surface area contributed by atoms with Gasteiger partial charge in [-0.05, 0) is 13.8 Å². The van der Waals surface area contributed by atoms with Gasteiger partial charge < -0.3 is 9.84 Å². The van der Waals surface area contributed by atoms with Crippen molar-refractivity contribution in [2.75, 3.05) is 13.2 Å². The summed E-state index contributed by atoms with van der Waals surface area (Å²) in [5, 5.41) is 11.8. The zero-order chi connectivity index (χ0) is 6.91. The number of hydrogen-bond acceptors (Lipinski definition) is 3. The van der Waals surface area contributed by atoms with Gasteiger partial charge in [-0.3, -0.25) is 5.32 Å². The Morgan fingerprint density at radius 2 is 2.44 bits per heavy atom. The number of aliphatic hydroxyl groups excluding tert-OH is 1. The Bertz CT molecular complexity index is 103. The van der Waals surface area contributed by atoms with E-state index in [-0.39, 0.29) is 18.4 Å². The van der Waals surface area contributed by atoms with Gasteiger partial charge in [0.15, 0.2) is 0 Å². The van der Waals surface area contributed by atoms with Gasteiger partial charge in [-0.1, -0.05) is 0 Å². The molecule has 1 fully saturated rings. The molecule has 0 radical (unpaired) electrons. The van der Waals surface area contributed by atoms with Crippen LogP contribution in [0.5, 0.6) is 0 Å². The van der Waals surface area contributed by atoms with Gasteiger partial charge in [-0.15, -0.1) is 0 Å². The SMILES string of the molecule is CC1(C)N[C@@H](CO)CO1. The van der Waals surface area contributed by atoms with Crippen LogP contribution in [0.2, 0.25) is 0 Å². The molecule has 1 heterocycles. The van der Waals surface area contributed by atoms with Gasteiger partial charge in [0.25, 0.3) is 0 Å². The van der Waals surface area contributed by atoms with Crippen LogP contribution in [-0.4, -0.2) is 30.1 Å². The number of ether oxygens (including phenoxy) is 1. The molecule has 0 spiro atoms. The molecule has 9 heavy (non-hydrogen) atoms. The number of hydrogen-bond donors (Lipinski definition) is 2. The molecule has 0 unspecified atom stereocenters. The van der Waals surface area contributed by atoms with Crippen molar-refractivity contribution >= 4 is 0 Å². The van der Waals surface area contributed by atoms with E-state index in [1.54, 1.807) is 0 Å². The van der Waals surface area contributed by atoms with E-state index in [2.05, 4.69) is 5.32 Å². The lowest BCUT2D eigenvalue weighted by Gasteiger charge is -2.17. The summed E-state index contributed by atoms with van der Waals surface area (Å²) in [4.78, 5) is 0. The maximum Gasteiger partial charge on any atom is 0.114 e. The molecule has 2 N–H and O–H groups in total. The highest BCUT2D eigenvalue weighted by molar-refractivity contribution is 4.80. The van der Waals surface area contributed by atoms with Crippen LogP contribution < -0.4 is 5.32 Å². The van der Waals surface area contributed by atoms with Crippen LogP contribution in [0.25, 0.3) is 0 Å². The zero-order valence-electron chi connectivity index (χ0n) is 5.85. The highest BCUT2D eigenvalue weighted by Crippen LogP contribution is 2.12. The minimum absolute atomic E-state index is 0.125. The largest absolute Gasteiger partial charge is 0.395 e. The topological polar surface area (TPSA) is 41.5 Å². The smallest absolute Gasteiger partial charge is 0.114 e. The number of rotatable bonds is 1. The average molecular weight is 131 g/mol. The van der Waals surface area contributed by atoms with Crippen molar-refractivity contribution in [3.8, 4) is 0 Å². The number of nitrogens with one attached hydrogen (secondary N) is 1. The Morgan fingerprint density at radius 3 is 2.67 bits per heavy atom. The lowest BCUT2D eigenvalue weighted by atomic mass is 10.3. The van der Waals surface area contributed by atoms with Crippen molar-refractivity contribution in [3.05, 3.63) is 0 Å². The first-order valence-corrected chi connectivity index (χ1v) is 3.16. The third kappa shape index (κ3) is 1.64. The Balaban J connectivity index is 2.38. The maximum atomic E-state index is 8.66. The molecule has 1 atom stereocenters. The van der Waals surface area contributed by atoms with Crippen molar-refractivity contribution in [2.24, 2.45) is 0 Å². The summed E-state index contributed by atoms with van der Waals surface area (Å²) in [5.41, 5.74) is -0.243. The normalized spacial score (nSPS) is 33.0. The molecule has 3 nitrogen and oxygen atoms in total. The van der Waals surface area contributed by atoms with Gasteiger partial charge in [0, 0.05) is 0 Å². The van der Waals surface area contributed by atoms with E-state index in [9.17, 15) is 0 Å². The molecule has 0 aromatic heterocycles. The maximum absolute atomic E-state index is 8.66. The standard InChI is InChI=1S/C6H13NO2/c1-6(2)7-5(3-8)4-9-6/h5,7-8H,3-4H2,1-2H3/t5-/m0/s1. The Morgan fingerprint density at radius 1 is 1.78 bits per heavy atom. The molecule has 1 rings (SSSR count). The molecular weight excluding hydrogens is 118 g/mol. The second-order valence-electron chi connectivity index (χ2n) is 2.85. The second kappa shape index (κ2) is 2.25. The van der Waals surface area contributed by atoms with Gasteiger partial charge in [0.2, 0.25) is 0 Å². The van der Waals surface area contributed by atoms with Crippen LogP contribution in [0.3, 0.4) is 0 Å². The van der Waals surface area contributed by atoms with Gasteiger partial charge >= 0.3 is 0 Å². The fourth-order valence-corrected chi connectivity index (χ4v) is 0.982. The summed E-state index contributed by atoms with van der Waals surface area (Å²) in [6, 6.07) is 0.125. The molecule has 1 aliphatic rings. The van der Waals surface area contributed by atoms with Crippen LogP contribution >= 0.6 is 0 Å². The molecule has 0 aromatic rings. The predicted octanol–water partition coefficient (Wildman–Crippen LogP) is -0.297. The van der Waals surface area contributed by atoms with Crippen molar-refractivity contribution < 1.29 is 9.84 Å². The molecule has 0 bridgehead atoms. The highest BCUT2D eigenvalue weighted by atomic mass is 16.5. The lowest BCUT2D eigenvalue weighted by Crippen LogP contribution is -2.39. The first-order chi connectivity index (χ1) is 4.14. The van der Waals surface area contributed by atoms with Crippen LogP contribution in [0.1, 0.15) is 13.8 Å². The Kier molecular flexibility index (Phi) is 1.75. The molecule has 54 valence electrons. The molecular formula is C6H13NO2. The van der Waals surface area contributed by atoms with Crippen molar-refractivity contribution in [1.29, 1.82) is 0 Å². The van der Waals surface area contributed by atoms with Gasteiger partial charge in [-0.25, -0.2) is 0 Å². The third-order valence-corrected chi connectivity index (χ3v) is 1.42. The highest BCUT2D eigenvalue weighted by Gasteiger charge is 2.29. The molecule has 0 aliphatic carbocycles. The second-order valence-corrected chi connectivity index (χ2v) is 2.85. The molecule has 1 aliphatic heterocycles. The van der Waals surface area contributed by atoms with E-state index in [1.807, 2.05) is 13.8 Å².